The molecule has 0 unspecified atom stereocenters. The van der Waals surface area contributed by atoms with Crippen molar-refractivity contribution in [2.24, 2.45) is 7.05 Å². The zero-order valence-corrected chi connectivity index (χ0v) is 19.5. The quantitative estimate of drug-likeness (QED) is 0.410. The summed E-state index contributed by atoms with van der Waals surface area (Å²) in [5.41, 5.74) is 1.76. The van der Waals surface area contributed by atoms with Crippen LogP contribution in [0.5, 0.6) is 0 Å². The molecule has 0 spiro atoms. The molecule has 2 aromatic heterocycles. The third-order valence-electron chi connectivity index (χ3n) is 5.71. The van der Waals surface area contributed by atoms with Crippen molar-refractivity contribution in [1.29, 1.82) is 0 Å². The van der Waals surface area contributed by atoms with Gasteiger partial charge in [0.25, 0.3) is 0 Å². The van der Waals surface area contributed by atoms with E-state index in [2.05, 4.69) is 25.7 Å². The molecule has 2 atom stereocenters. The summed E-state index contributed by atoms with van der Waals surface area (Å²) in [7, 11) is 1.65. The Morgan fingerprint density at radius 3 is 2.83 bits per heavy atom. The number of carbonyl (C=O) groups excluding carboxylic acids is 2. The average Bonchev–Trinajstić information content (AvgIpc) is 3.59. The Balaban J connectivity index is 0.00000289. The minimum atomic E-state index is -0.618. The van der Waals surface area contributed by atoms with Gasteiger partial charge in [-0.2, -0.15) is 4.80 Å². The number of esters is 1. The number of tetrazole rings is 1. The summed E-state index contributed by atoms with van der Waals surface area (Å²) < 4.78 is 25.5. The molecule has 0 bridgehead atoms. The Hall–Kier alpha value is -3.64. The monoisotopic (exact) mass is 502 g/mol. The fraction of sp³-hybridized carbons (Fsp3) is 0.364. The number of halogens is 2. The number of aromatic nitrogens is 5. The molecule has 2 aliphatic heterocycles. The first-order chi connectivity index (χ1) is 16.5. The lowest BCUT2D eigenvalue weighted by molar-refractivity contribution is -0.148. The Morgan fingerprint density at radius 2 is 2.17 bits per heavy atom. The van der Waals surface area contributed by atoms with Crippen LogP contribution < -0.4 is 22.6 Å². The van der Waals surface area contributed by atoms with Gasteiger partial charge in [0.15, 0.2) is 6.10 Å². The second-order valence-corrected chi connectivity index (χ2v) is 8.09. The highest BCUT2D eigenvalue weighted by atomic mass is 35.5. The summed E-state index contributed by atoms with van der Waals surface area (Å²) in [5, 5.41) is 14.8. The molecule has 2 saturated heterocycles. The maximum absolute atomic E-state index is 14.9. The van der Waals surface area contributed by atoms with Crippen molar-refractivity contribution in [2.75, 3.05) is 24.6 Å². The highest BCUT2D eigenvalue weighted by molar-refractivity contribution is 5.90. The van der Waals surface area contributed by atoms with Crippen LogP contribution in [0.4, 0.5) is 14.9 Å². The number of aryl methyl sites for hydroxylation is 1. The van der Waals surface area contributed by atoms with Gasteiger partial charge in [-0.25, -0.2) is 9.18 Å². The first kappa shape index (κ1) is 24.5. The van der Waals surface area contributed by atoms with Crippen LogP contribution in [0.1, 0.15) is 12.8 Å². The van der Waals surface area contributed by atoms with Crippen molar-refractivity contribution >= 4 is 17.7 Å². The molecule has 35 heavy (non-hydrogen) atoms. The highest BCUT2D eigenvalue weighted by Crippen LogP contribution is 2.29. The molecule has 2 fully saturated rings. The van der Waals surface area contributed by atoms with E-state index in [0.717, 1.165) is 19.4 Å². The Kier molecular flexibility index (Phi) is 7.22. The summed E-state index contributed by atoms with van der Waals surface area (Å²) >= 11 is 0. The molecular formula is C22H22ClFN7O4-. The standard InChI is InChI=1S/C22H22FN7O4.ClH/c1-29-27-20(26-28-29)18-7-4-13(10-25-18)16-6-5-14(9-17(16)23)30-11-15(34-22(30)32)12-33-21(31)19-3-2-8-24-19;/h4-7,9-10,15,19,24H,2-3,8,11-12H2,1H3;1H/p-1/t15-,19+;/m1./s1. The third kappa shape index (κ3) is 5.23. The van der Waals surface area contributed by atoms with E-state index < -0.39 is 18.0 Å². The fourth-order valence-electron chi connectivity index (χ4n) is 3.96. The van der Waals surface area contributed by atoms with Crippen molar-refractivity contribution in [2.45, 2.75) is 25.0 Å². The minimum Gasteiger partial charge on any atom is -1.00 e. The van der Waals surface area contributed by atoms with Gasteiger partial charge in [0.2, 0.25) is 5.82 Å². The van der Waals surface area contributed by atoms with Crippen LogP contribution in [0.3, 0.4) is 0 Å². The second-order valence-electron chi connectivity index (χ2n) is 8.09. The molecule has 2 aliphatic rings. The lowest BCUT2D eigenvalue weighted by Gasteiger charge is -2.15. The van der Waals surface area contributed by atoms with Crippen molar-refractivity contribution in [3.05, 3.63) is 42.3 Å². The van der Waals surface area contributed by atoms with Gasteiger partial charge < -0.3 is 27.2 Å². The summed E-state index contributed by atoms with van der Waals surface area (Å²) in [5.74, 6) is -0.492. The van der Waals surface area contributed by atoms with E-state index in [4.69, 9.17) is 9.47 Å². The van der Waals surface area contributed by atoms with E-state index >= 15 is 0 Å². The van der Waals surface area contributed by atoms with Gasteiger partial charge in [0.05, 0.1) is 19.3 Å². The van der Waals surface area contributed by atoms with Crippen LogP contribution in [0.2, 0.25) is 0 Å². The minimum absolute atomic E-state index is 0. The lowest BCUT2D eigenvalue weighted by atomic mass is 10.1. The topological polar surface area (TPSA) is 124 Å². The van der Waals surface area contributed by atoms with Crippen molar-refractivity contribution in [3.63, 3.8) is 0 Å². The molecule has 184 valence electrons. The number of pyridine rings is 1. The van der Waals surface area contributed by atoms with Crippen molar-refractivity contribution in [1.82, 2.24) is 30.5 Å². The summed E-state index contributed by atoms with van der Waals surface area (Å²) in [6.45, 7) is 0.898. The molecule has 1 aromatic carbocycles. The van der Waals surface area contributed by atoms with Gasteiger partial charge in [-0.15, -0.1) is 10.2 Å². The number of nitrogens with zero attached hydrogens (tertiary/aromatic N) is 6. The number of anilines is 1. The molecule has 5 rings (SSSR count). The Labute approximate surface area is 206 Å². The number of carbonyl (C=O) groups is 2. The van der Waals surface area contributed by atoms with Crippen LogP contribution in [0.15, 0.2) is 36.5 Å². The smallest absolute Gasteiger partial charge is 0.414 e. The first-order valence-corrected chi connectivity index (χ1v) is 10.9. The number of nitrogens with one attached hydrogen (secondary N) is 1. The van der Waals surface area contributed by atoms with Crippen LogP contribution in [-0.2, 0) is 21.3 Å². The van der Waals surface area contributed by atoms with Gasteiger partial charge >= 0.3 is 12.1 Å². The van der Waals surface area contributed by atoms with E-state index in [1.54, 1.807) is 31.3 Å². The Morgan fingerprint density at radius 1 is 1.31 bits per heavy atom. The number of rotatable bonds is 6. The number of cyclic esters (lactones) is 1. The lowest BCUT2D eigenvalue weighted by Crippen LogP contribution is -3.00. The summed E-state index contributed by atoms with van der Waals surface area (Å²) in [4.78, 5) is 31.3. The van der Waals surface area contributed by atoms with E-state index in [0.29, 0.717) is 28.3 Å². The average molecular weight is 503 g/mol. The second kappa shape index (κ2) is 10.3. The predicted molar refractivity (Wildman–Crippen MR) is 117 cm³/mol. The zero-order valence-electron chi connectivity index (χ0n) is 18.7. The SMILES string of the molecule is Cn1nnc(-c2ccc(-c3ccc(N4C[C@H](COC(=O)[C@@H]5CCCN5)OC4=O)cc3F)cn2)n1.[Cl-]. The summed E-state index contributed by atoms with van der Waals surface area (Å²) in [6, 6.07) is 7.57. The van der Waals surface area contributed by atoms with Crippen LogP contribution in [-0.4, -0.2) is 69.1 Å². The van der Waals surface area contributed by atoms with Gasteiger partial charge in [0.1, 0.15) is 24.2 Å². The van der Waals surface area contributed by atoms with Crippen molar-refractivity contribution < 1.29 is 35.9 Å². The normalized spacial score (nSPS) is 19.4. The number of hydrogen-bond donors (Lipinski definition) is 1. The number of hydrogen-bond acceptors (Lipinski definition) is 9. The molecule has 4 heterocycles. The predicted octanol–water partition coefficient (Wildman–Crippen LogP) is -1.30. The maximum atomic E-state index is 14.9. The van der Waals surface area contributed by atoms with Gasteiger partial charge in [-0.05, 0) is 48.9 Å². The van der Waals surface area contributed by atoms with E-state index in [1.165, 1.54) is 22.0 Å². The summed E-state index contributed by atoms with van der Waals surface area (Å²) in [6.07, 6.45) is 1.95. The Bertz CT molecular complexity index is 1220. The number of amides is 1. The zero-order chi connectivity index (χ0) is 23.7. The molecule has 0 radical (unpaired) electrons. The molecule has 0 saturated carbocycles. The number of ether oxygens (including phenoxy) is 2. The molecule has 1 N–H and O–H groups in total. The van der Waals surface area contributed by atoms with E-state index in [-0.39, 0.29) is 37.6 Å². The fourth-order valence-corrected chi connectivity index (χ4v) is 3.96. The van der Waals surface area contributed by atoms with E-state index in [1.807, 2.05) is 0 Å². The van der Waals surface area contributed by atoms with Crippen LogP contribution in [0, 0.1) is 5.82 Å². The molecule has 0 aliphatic carbocycles. The molecule has 13 heteroatoms. The maximum Gasteiger partial charge on any atom is 0.414 e. The largest absolute Gasteiger partial charge is 1.00 e. The molecular weight excluding hydrogens is 481 g/mol. The van der Waals surface area contributed by atoms with Crippen molar-refractivity contribution in [3.8, 4) is 22.6 Å². The molecule has 11 nitrogen and oxygen atoms in total. The highest BCUT2D eigenvalue weighted by Gasteiger charge is 2.34. The van der Waals surface area contributed by atoms with Crippen LogP contribution in [0.25, 0.3) is 22.6 Å². The third-order valence-corrected chi connectivity index (χ3v) is 5.71. The van der Waals surface area contributed by atoms with E-state index in [9.17, 15) is 14.0 Å². The van der Waals surface area contributed by atoms with Gasteiger partial charge in [-0.1, -0.05) is 6.07 Å². The first-order valence-electron chi connectivity index (χ1n) is 10.9. The van der Waals surface area contributed by atoms with Gasteiger partial charge in [-0.3, -0.25) is 14.7 Å². The molecule has 1 amide bonds. The van der Waals surface area contributed by atoms with Crippen LogP contribution >= 0.6 is 0 Å². The molecule has 3 aromatic rings. The number of benzene rings is 1. The van der Waals surface area contributed by atoms with Gasteiger partial charge in [0, 0.05) is 17.3 Å².